The molecule has 25 heavy (non-hydrogen) atoms. The lowest BCUT2D eigenvalue weighted by Gasteiger charge is -2.14. The van der Waals surface area contributed by atoms with E-state index in [1.54, 1.807) is 18.2 Å². The normalized spacial score (nSPS) is 14.3. The molecule has 1 amide bonds. The molecule has 0 heterocycles. The lowest BCUT2D eigenvalue weighted by molar-refractivity contribution is -0.118. The topological polar surface area (TPSA) is 50.4 Å². The standard InChI is InChI=1S/C19H20Cl2N2O2/c20-13-5-10-18(17(21)11-13)25-12-19(24)23-16-8-6-15(7-9-16)22-14-3-1-2-4-14/h5-11,14,22H,1-4,12H2,(H,23,24). The molecule has 1 fully saturated rings. The minimum Gasteiger partial charge on any atom is -0.482 e. The summed E-state index contributed by atoms with van der Waals surface area (Å²) in [4.78, 5) is 12.0. The maximum absolute atomic E-state index is 12.0. The first-order valence-corrected chi connectivity index (χ1v) is 9.10. The van der Waals surface area contributed by atoms with Gasteiger partial charge in [-0.25, -0.2) is 0 Å². The lowest BCUT2D eigenvalue weighted by atomic mass is 10.2. The molecule has 0 unspecified atom stereocenters. The van der Waals surface area contributed by atoms with E-state index in [1.807, 2.05) is 24.3 Å². The summed E-state index contributed by atoms with van der Waals surface area (Å²) in [6, 6.07) is 13.2. The number of hydrogen-bond acceptors (Lipinski definition) is 3. The van der Waals surface area contributed by atoms with Gasteiger partial charge in [0.15, 0.2) is 6.61 Å². The summed E-state index contributed by atoms with van der Waals surface area (Å²) in [5.74, 6) is 0.180. The second-order valence-corrected chi connectivity index (χ2v) is 6.96. The molecular formula is C19H20Cl2N2O2. The van der Waals surface area contributed by atoms with Crippen LogP contribution in [-0.4, -0.2) is 18.6 Å². The maximum atomic E-state index is 12.0. The third-order valence-electron chi connectivity index (χ3n) is 4.15. The van der Waals surface area contributed by atoms with Crippen LogP contribution < -0.4 is 15.4 Å². The second-order valence-electron chi connectivity index (χ2n) is 6.11. The Balaban J connectivity index is 1.48. The zero-order valence-electron chi connectivity index (χ0n) is 13.7. The van der Waals surface area contributed by atoms with Crippen LogP contribution in [0, 0.1) is 0 Å². The Kier molecular flexibility index (Phi) is 6.05. The van der Waals surface area contributed by atoms with Crippen LogP contribution in [0.5, 0.6) is 5.75 Å². The number of anilines is 2. The van der Waals surface area contributed by atoms with Gasteiger partial charge in [-0.05, 0) is 55.3 Å². The van der Waals surface area contributed by atoms with Crippen molar-refractivity contribution in [2.75, 3.05) is 17.2 Å². The molecule has 4 nitrogen and oxygen atoms in total. The van der Waals surface area contributed by atoms with Gasteiger partial charge in [0, 0.05) is 22.4 Å². The Morgan fingerprint density at radius 3 is 2.40 bits per heavy atom. The van der Waals surface area contributed by atoms with Crippen molar-refractivity contribution in [2.24, 2.45) is 0 Å². The van der Waals surface area contributed by atoms with Crippen molar-refractivity contribution in [3.63, 3.8) is 0 Å². The molecule has 0 atom stereocenters. The van der Waals surface area contributed by atoms with E-state index in [9.17, 15) is 4.79 Å². The van der Waals surface area contributed by atoms with E-state index in [4.69, 9.17) is 27.9 Å². The number of carbonyl (C=O) groups excluding carboxylic acids is 1. The largest absolute Gasteiger partial charge is 0.482 e. The molecule has 0 aromatic heterocycles. The van der Waals surface area contributed by atoms with Crippen molar-refractivity contribution in [1.82, 2.24) is 0 Å². The van der Waals surface area contributed by atoms with Crippen LogP contribution in [0.25, 0.3) is 0 Å². The summed E-state index contributed by atoms with van der Waals surface area (Å²) in [5.41, 5.74) is 1.81. The van der Waals surface area contributed by atoms with E-state index < -0.39 is 0 Å². The highest BCUT2D eigenvalue weighted by molar-refractivity contribution is 6.35. The molecule has 0 aliphatic heterocycles. The maximum Gasteiger partial charge on any atom is 0.262 e. The highest BCUT2D eigenvalue weighted by atomic mass is 35.5. The highest BCUT2D eigenvalue weighted by Crippen LogP contribution is 2.27. The first-order valence-electron chi connectivity index (χ1n) is 8.34. The van der Waals surface area contributed by atoms with E-state index in [1.165, 1.54) is 25.7 Å². The predicted molar refractivity (Wildman–Crippen MR) is 103 cm³/mol. The fourth-order valence-electron chi connectivity index (χ4n) is 2.89. The van der Waals surface area contributed by atoms with Crippen LogP contribution in [0.3, 0.4) is 0 Å². The van der Waals surface area contributed by atoms with Gasteiger partial charge in [-0.15, -0.1) is 0 Å². The molecular weight excluding hydrogens is 359 g/mol. The molecule has 1 aliphatic rings. The Bertz CT molecular complexity index is 729. The van der Waals surface area contributed by atoms with Gasteiger partial charge in [-0.1, -0.05) is 36.0 Å². The smallest absolute Gasteiger partial charge is 0.262 e. The predicted octanol–water partition coefficient (Wildman–Crippen LogP) is 5.37. The first kappa shape index (κ1) is 17.9. The van der Waals surface area contributed by atoms with Gasteiger partial charge >= 0.3 is 0 Å². The molecule has 2 N–H and O–H groups in total. The van der Waals surface area contributed by atoms with Crippen LogP contribution in [0.15, 0.2) is 42.5 Å². The number of rotatable bonds is 6. The molecule has 3 rings (SSSR count). The van der Waals surface area contributed by atoms with E-state index in [-0.39, 0.29) is 12.5 Å². The van der Waals surface area contributed by atoms with Crippen LogP contribution in [0.1, 0.15) is 25.7 Å². The van der Waals surface area contributed by atoms with Crippen LogP contribution in [0.4, 0.5) is 11.4 Å². The van der Waals surface area contributed by atoms with Crippen molar-refractivity contribution in [1.29, 1.82) is 0 Å². The van der Waals surface area contributed by atoms with Gasteiger partial charge < -0.3 is 15.4 Å². The van der Waals surface area contributed by atoms with Crippen molar-refractivity contribution >= 4 is 40.5 Å². The van der Waals surface area contributed by atoms with Gasteiger partial charge in [0.25, 0.3) is 5.91 Å². The van der Waals surface area contributed by atoms with Crippen molar-refractivity contribution in [2.45, 2.75) is 31.7 Å². The van der Waals surface area contributed by atoms with E-state index in [0.29, 0.717) is 21.8 Å². The molecule has 0 saturated heterocycles. The van der Waals surface area contributed by atoms with E-state index >= 15 is 0 Å². The van der Waals surface area contributed by atoms with Crippen LogP contribution in [0.2, 0.25) is 10.0 Å². The molecule has 2 aromatic rings. The minimum atomic E-state index is -0.248. The molecule has 6 heteroatoms. The zero-order chi connectivity index (χ0) is 17.6. The lowest BCUT2D eigenvalue weighted by Crippen LogP contribution is -2.20. The fourth-order valence-corrected chi connectivity index (χ4v) is 3.35. The van der Waals surface area contributed by atoms with E-state index in [2.05, 4.69) is 10.6 Å². The van der Waals surface area contributed by atoms with Crippen molar-refractivity contribution in [3.8, 4) is 5.75 Å². The fraction of sp³-hybridized carbons (Fsp3) is 0.316. The summed E-state index contributed by atoms with van der Waals surface area (Å²) < 4.78 is 5.42. The highest BCUT2D eigenvalue weighted by Gasteiger charge is 2.14. The number of benzene rings is 2. The molecule has 132 valence electrons. The third kappa shape index (κ3) is 5.28. The average Bonchev–Trinajstić information content (AvgIpc) is 3.09. The van der Waals surface area contributed by atoms with Gasteiger partial charge in [0.1, 0.15) is 5.75 Å². The zero-order valence-corrected chi connectivity index (χ0v) is 15.2. The molecule has 1 aliphatic carbocycles. The molecule has 0 radical (unpaired) electrons. The van der Waals surface area contributed by atoms with Crippen molar-refractivity contribution < 1.29 is 9.53 Å². The molecule has 0 spiro atoms. The Hall–Kier alpha value is -1.91. The number of ether oxygens (including phenoxy) is 1. The molecule has 0 bridgehead atoms. The monoisotopic (exact) mass is 378 g/mol. The summed E-state index contributed by atoms with van der Waals surface area (Å²) in [7, 11) is 0. The van der Waals surface area contributed by atoms with Gasteiger partial charge in [-0.3, -0.25) is 4.79 Å². The Labute approximate surface area is 157 Å². The van der Waals surface area contributed by atoms with E-state index in [0.717, 1.165) is 11.4 Å². The molecule has 2 aromatic carbocycles. The quantitative estimate of drug-likeness (QED) is 0.710. The number of halogens is 2. The number of amides is 1. The summed E-state index contributed by atoms with van der Waals surface area (Å²) >= 11 is 11.8. The summed E-state index contributed by atoms with van der Waals surface area (Å²) in [6.45, 7) is -0.122. The van der Waals surface area contributed by atoms with Gasteiger partial charge in [-0.2, -0.15) is 0 Å². The van der Waals surface area contributed by atoms with Crippen molar-refractivity contribution in [3.05, 3.63) is 52.5 Å². The second kappa shape index (κ2) is 8.45. The SMILES string of the molecule is O=C(COc1ccc(Cl)cc1Cl)Nc1ccc(NC2CCCC2)cc1. The Morgan fingerprint density at radius 1 is 1.04 bits per heavy atom. The Morgan fingerprint density at radius 2 is 1.72 bits per heavy atom. The molecule has 1 saturated carbocycles. The average molecular weight is 379 g/mol. The first-order chi connectivity index (χ1) is 12.1. The third-order valence-corrected chi connectivity index (χ3v) is 4.68. The number of nitrogens with one attached hydrogen (secondary N) is 2. The van der Waals surface area contributed by atoms with Gasteiger partial charge in [0.05, 0.1) is 5.02 Å². The summed E-state index contributed by atoms with van der Waals surface area (Å²) in [6.07, 6.45) is 5.04. The van der Waals surface area contributed by atoms with Crippen LogP contribution in [-0.2, 0) is 4.79 Å². The minimum absolute atomic E-state index is 0.122. The number of carbonyl (C=O) groups is 1. The summed E-state index contributed by atoms with van der Waals surface area (Å²) in [5, 5.41) is 7.22. The number of hydrogen-bond donors (Lipinski definition) is 2. The van der Waals surface area contributed by atoms with Gasteiger partial charge in [0.2, 0.25) is 0 Å². The van der Waals surface area contributed by atoms with Crippen LogP contribution >= 0.6 is 23.2 Å².